The van der Waals surface area contributed by atoms with Gasteiger partial charge in [-0.1, -0.05) is 30.3 Å². The molecule has 0 heterocycles. The molecule has 0 aromatic heterocycles. The van der Waals surface area contributed by atoms with E-state index in [4.69, 9.17) is 5.26 Å². The summed E-state index contributed by atoms with van der Waals surface area (Å²) in [4.78, 5) is 0. The maximum Gasteiger partial charge on any atom is 0.0933 e. The van der Waals surface area contributed by atoms with E-state index in [1.54, 1.807) is 7.05 Å². The Hall–Kier alpha value is -1.75. The van der Waals surface area contributed by atoms with Crippen LogP contribution in [0.15, 0.2) is 36.4 Å². The van der Waals surface area contributed by atoms with E-state index < -0.39 is 0 Å². The van der Waals surface area contributed by atoms with Crippen LogP contribution in [-0.2, 0) is 0 Å². The lowest BCUT2D eigenvalue weighted by atomic mass is 10.1. The van der Waals surface area contributed by atoms with Crippen LogP contribution in [0.1, 0.15) is 5.56 Å². The Morgan fingerprint density at radius 2 is 2.08 bits per heavy atom. The van der Waals surface area contributed by atoms with Crippen LogP contribution in [0.4, 0.5) is 0 Å². The number of benzene rings is 1. The fourth-order valence-corrected chi connectivity index (χ4v) is 0.982. The van der Waals surface area contributed by atoms with Crippen LogP contribution in [0.5, 0.6) is 0 Å². The lowest BCUT2D eigenvalue weighted by molar-refractivity contribution is 1.13. The van der Waals surface area contributed by atoms with Crippen molar-refractivity contribution in [3.05, 3.63) is 42.0 Å². The van der Waals surface area contributed by atoms with Crippen LogP contribution in [0.25, 0.3) is 5.70 Å². The summed E-state index contributed by atoms with van der Waals surface area (Å²) in [6.07, 6.45) is 1.50. The second-order valence-corrected chi connectivity index (χ2v) is 2.30. The fourth-order valence-electron chi connectivity index (χ4n) is 0.982. The van der Waals surface area contributed by atoms with Crippen molar-refractivity contribution in [2.24, 2.45) is 0 Å². The van der Waals surface area contributed by atoms with Gasteiger partial charge in [-0.2, -0.15) is 5.26 Å². The highest BCUT2D eigenvalue weighted by atomic mass is 14.8. The Morgan fingerprint density at radius 1 is 1.42 bits per heavy atom. The first-order valence-corrected chi connectivity index (χ1v) is 3.71. The lowest BCUT2D eigenvalue weighted by Crippen LogP contribution is -2.03. The maximum absolute atomic E-state index is 8.46. The van der Waals surface area contributed by atoms with E-state index in [1.165, 1.54) is 6.08 Å². The second-order valence-electron chi connectivity index (χ2n) is 2.30. The van der Waals surface area contributed by atoms with Crippen LogP contribution in [0, 0.1) is 11.3 Å². The minimum atomic E-state index is 0.845. The number of nitrogens with one attached hydrogen (secondary N) is 1. The third kappa shape index (κ3) is 1.86. The summed E-state index contributed by atoms with van der Waals surface area (Å²) in [5, 5.41) is 11.4. The van der Waals surface area contributed by atoms with Crippen LogP contribution >= 0.6 is 0 Å². The standard InChI is InChI=1S/C10H10N2/c1-12-10(7-8-11)9-5-3-2-4-6-9/h2-7,12H,1H3. The van der Waals surface area contributed by atoms with E-state index in [0.717, 1.165) is 11.3 Å². The van der Waals surface area contributed by atoms with Gasteiger partial charge in [0.2, 0.25) is 0 Å². The first-order valence-electron chi connectivity index (χ1n) is 3.71. The zero-order chi connectivity index (χ0) is 8.81. The van der Waals surface area contributed by atoms with Crippen molar-refractivity contribution < 1.29 is 0 Å². The van der Waals surface area contributed by atoms with Gasteiger partial charge in [0.25, 0.3) is 0 Å². The molecule has 0 aliphatic heterocycles. The van der Waals surface area contributed by atoms with Crippen LogP contribution in [-0.4, -0.2) is 7.05 Å². The predicted molar refractivity (Wildman–Crippen MR) is 49.1 cm³/mol. The molecule has 1 rings (SSSR count). The number of hydrogen-bond acceptors (Lipinski definition) is 2. The first kappa shape index (κ1) is 8.35. The third-order valence-electron chi connectivity index (χ3n) is 1.56. The first-order chi connectivity index (χ1) is 5.88. The molecule has 2 heteroatoms. The Bertz CT molecular complexity index is 306. The highest BCUT2D eigenvalue weighted by molar-refractivity contribution is 5.65. The summed E-state index contributed by atoms with van der Waals surface area (Å²) >= 11 is 0. The highest BCUT2D eigenvalue weighted by Crippen LogP contribution is 2.08. The van der Waals surface area contributed by atoms with E-state index in [2.05, 4.69) is 5.32 Å². The molecule has 0 fully saturated rings. The molecule has 1 N–H and O–H groups in total. The van der Waals surface area contributed by atoms with Gasteiger partial charge < -0.3 is 5.32 Å². The summed E-state index contributed by atoms with van der Waals surface area (Å²) in [6.45, 7) is 0. The summed E-state index contributed by atoms with van der Waals surface area (Å²) in [5.74, 6) is 0. The molecule has 2 nitrogen and oxygen atoms in total. The number of allylic oxidation sites excluding steroid dienone is 1. The highest BCUT2D eigenvalue weighted by Gasteiger charge is 1.95. The van der Waals surface area contributed by atoms with Gasteiger partial charge in [-0.15, -0.1) is 0 Å². The van der Waals surface area contributed by atoms with Crippen LogP contribution < -0.4 is 5.32 Å². The van der Waals surface area contributed by atoms with Gasteiger partial charge >= 0.3 is 0 Å². The van der Waals surface area contributed by atoms with E-state index in [9.17, 15) is 0 Å². The SMILES string of the molecule is CNC(=CC#N)c1ccccc1. The van der Waals surface area contributed by atoms with Crippen molar-refractivity contribution in [2.75, 3.05) is 7.05 Å². The minimum absolute atomic E-state index is 0.845. The third-order valence-corrected chi connectivity index (χ3v) is 1.56. The summed E-state index contributed by atoms with van der Waals surface area (Å²) in [5.41, 5.74) is 1.87. The maximum atomic E-state index is 8.46. The van der Waals surface area contributed by atoms with Crippen molar-refractivity contribution in [3.8, 4) is 6.07 Å². The van der Waals surface area contributed by atoms with Gasteiger partial charge in [-0.05, 0) is 5.56 Å². The molecule has 0 unspecified atom stereocenters. The topological polar surface area (TPSA) is 35.8 Å². The predicted octanol–water partition coefficient (Wildman–Crippen LogP) is 1.77. The second kappa shape index (κ2) is 4.20. The molecule has 12 heavy (non-hydrogen) atoms. The number of nitriles is 1. The summed E-state index contributed by atoms with van der Waals surface area (Å²) < 4.78 is 0. The molecule has 1 aromatic carbocycles. The molecule has 0 radical (unpaired) electrons. The van der Waals surface area contributed by atoms with Crippen molar-refractivity contribution in [2.45, 2.75) is 0 Å². The van der Waals surface area contributed by atoms with Crippen molar-refractivity contribution in [1.82, 2.24) is 5.32 Å². The molecule has 1 aromatic rings. The van der Waals surface area contributed by atoms with Gasteiger partial charge in [0.15, 0.2) is 0 Å². The molecule has 0 spiro atoms. The van der Waals surface area contributed by atoms with Gasteiger partial charge in [0.1, 0.15) is 0 Å². The largest absolute Gasteiger partial charge is 0.387 e. The molecule has 0 atom stereocenters. The number of hydrogen-bond donors (Lipinski definition) is 1. The zero-order valence-electron chi connectivity index (χ0n) is 6.91. The quantitative estimate of drug-likeness (QED) is 0.666. The molecule has 60 valence electrons. The van der Waals surface area contributed by atoms with E-state index in [-0.39, 0.29) is 0 Å². The zero-order valence-corrected chi connectivity index (χ0v) is 6.91. The molecule has 0 aliphatic rings. The average Bonchev–Trinajstić information content (AvgIpc) is 2.15. The fraction of sp³-hybridized carbons (Fsp3) is 0.100. The van der Waals surface area contributed by atoms with Crippen molar-refractivity contribution in [3.63, 3.8) is 0 Å². The molecule has 0 bridgehead atoms. The number of rotatable bonds is 2. The summed E-state index contributed by atoms with van der Waals surface area (Å²) in [7, 11) is 1.80. The summed E-state index contributed by atoms with van der Waals surface area (Å²) in [6, 6.07) is 11.7. The molecule has 0 saturated carbocycles. The van der Waals surface area contributed by atoms with E-state index >= 15 is 0 Å². The molecular formula is C10H10N2. The molecular weight excluding hydrogens is 148 g/mol. The van der Waals surface area contributed by atoms with Crippen molar-refractivity contribution >= 4 is 5.70 Å². The van der Waals surface area contributed by atoms with Gasteiger partial charge in [-0.25, -0.2) is 0 Å². The Morgan fingerprint density at radius 3 is 2.58 bits per heavy atom. The lowest BCUT2D eigenvalue weighted by Gasteiger charge is -2.03. The smallest absolute Gasteiger partial charge is 0.0933 e. The Kier molecular flexibility index (Phi) is 2.92. The molecule has 0 aliphatic carbocycles. The monoisotopic (exact) mass is 158 g/mol. The number of nitrogens with zero attached hydrogens (tertiary/aromatic N) is 1. The average molecular weight is 158 g/mol. The Balaban J connectivity index is 2.98. The van der Waals surface area contributed by atoms with Gasteiger partial charge in [0.05, 0.1) is 11.8 Å². The van der Waals surface area contributed by atoms with Gasteiger partial charge in [-0.3, -0.25) is 0 Å². The van der Waals surface area contributed by atoms with E-state index in [0.29, 0.717) is 0 Å². The molecule has 0 saturated heterocycles. The minimum Gasteiger partial charge on any atom is -0.387 e. The Labute approximate surface area is 72.1 Å². The molecule has 0 amide bonds. The van der Waals surface area contributed by atoms with Crippen molar-refractivity contribution in [1.29, 1.82) is 5.26 Å². The van der Waals surface area contributed by atoms with Crippen LogP contribution in [0.2, 0.25) is 0 Å². The van der Waals surface area contributed by atoms with Crippen LogP contribution in [0.3, 0.4) is 0 Å². The van der Waals surface area contributed by atoms with Gasteiger partial charge in [0, 0.05) is 13.1 Å². The van der Waals surface area contributed by atoms with E-state index in [1.807, 2.05) is 36.4 Å². The normalized spacial score (nSPS) is 10.5.